The van der Waals surface area contributed by atoms with Gasteiger partial charge in [-0.05, 0) is 13.0 Å². The van der Waals surface area contributed by atoms with Gasteiger partial charge in [0.15, 0.2) is 17.3 Å². The van der Waals surface area contributed by atoms with E-state index in [1.165, 1.54) is 25.1 Å². The molecule has 0 aliphatic heterocycles. The van der Waals surface area contributed by atoms with E-state index in [1.54, 1.807) is 0 Å². The van der Waals surface area contributed by atoms with Crippen LogP contribution in [0.5, 0.6) is 23.0 Å². The van der Waals surface area contributed by atoms with E-state index in [0.717, 1.165) is 0 Å². The molecule has 0 bridgehead atoms. The molecule has 106 valence electrons. The summed E-state index contributed by atoms with van der Waals surface area (Å²) in [5, 5.41) is 39.5. The van der Waals surface area contributed by atoms with Crippen LogP contribution in [-0.4, -0.2) is 32.0 Å². The molecule has 21 heavy (non-hydrogen) atoms. The second-order valence-corrected chi connectivity index (χ2v) is 4.78. The quantitative estimate of drug-likeness (QED) is 0.368. The minimum Gasteiger partial charge on any atom is -0.507 e. The van der Waals surface area contributed by atoms with Crippen molar-refractivity contribution in [2.24, 2.45) is 0 Å². The Balaban J connectivity index is 2.47. The lowest BCUT2D eigenvalue weighted by molar-refractivity contribution is 0.0971. The number of carbonyl (C=O) groups excluding carboxylic acids is 2. The first-order chi connectivity index (χ1) is 9.86. The number of hydrogen-bond donors (Lipinski definition) is 4. The average molecular weight is 286 g/mol. The summed E-state index contributed by atoms with van der Waals surface area (Å²) in [6.07, 6.45) is 0. The van der Waals surface area contributed by atoms with E-state index in [-0.39, 0.29) is 22.4 Å². The van der Waals surface area contributed by atoms with Crippen molar-refractivity contribution in [2.75, 3.05) is 0 Å². The van der Waals surface area contributed by atoms with Gasteiger partial charge in [-0.1, -0.05) is 12.1 Å². The number of benzene rings is 2. The van der Waals surface area contributed by atoms with Gasteiger partial charge < -0.3 is 20.4 Å². The molecule has 4 N–H and O–H groups in total. The fourth-order valence-electron chi connectivity index (χ4n) is 2.50. The van der Waals surface area contributed by atoms with Crippen LogP contribution in [0.1, 0.15) is 37.4 Å². The van der Waals surface area contributed by atoms with Crippen LogP contribution in [0.25, 0.3) is 0 Å². The summed E-state index contributed by atoms with van der Waals surface area (Å²) in [4.78, 5) is 24.8. The lowest BCUT2D eigenvalue weighted by atomic mass is 9.81. The maximum Gasteiger partial charge on any atom is 0.202 e. The van der Waals surface area contributed by atoms with Crippen LogP contribution >= 0.6 is 0 Å². The van der Waals surface area contributed by atoms with Gasteiger partial charge in [0.25, 0.3) is 0 Å². The Hall–Kier alpha value is -3.02. The third-order valence-corrected chi connectivity index (χ3v) is 3.63. The molecule has 0 spiro atoms. The molecule has 1 aliphatic rings. The number of phenolic OH excluding ortho intramolecular Hbond substituents is 4. The smallest absolute Gasteiger partial charge is 0.202 e. The molecule has 0 saturated carbocycles. The molecule has 1 aliphatic carbocycles. The Bertz CT molecular complexity index is 835. The fraction of sp³-hybridized carbons (Fsp3) is 0.0667. The normalized spacial score (nSPS) is 13.0. The summed E-state index contributed by atoms with van der Waals surface area (Å²) >= 11 is 0. The number of rotatable bonds is 0. The molecule has 3 rings (SSSR count). The standard InChI is InChI=1S/C15H10O6/c1-5-11(17)9-10(15(21)12(5)18)13(19)6-3-2-4-7(16)8(6)14(9)20/h2-4,16-18,21H,1H3. The molecule has 0 aromatic heterocycles. The van der Waals surface area contributed by atoms with E-state index < -0.39 is 39.9 Å². The zero-order chi connectivity index (χ0) is 15.5. The second-order valence-electron chi connectivity index (χ2n) is 4.78. The van der Waals surface area contributed by atoms with Crippen LogP contribution in [0.4, 0.5) is 0 Å². The van der Waals surface area contributed by atoms with Crippen molar-refractivity contribution in [2.45, 2.75) is 6.92 Å². The number of aromatic hydroxyl groups is 4. The van der Waals surface area contributed by atoms with Crippen molar-refractivity contribution < 1.29 is 30.0 Å². The average Bonchev–Trinajstić information content (AvgIpc) is 2.46. The van der Waals surface area contributed by atoms with Gasteiger partial charge >= 0.3 is 0 Å². The molecule has 0 fully saturated rings. The van der Waals surface area contributed by atoms with Gasteiger partial charge in [0.2, 0.25) is 5.78 Å². The van der Waals surface area contributed by atoms with Crippen LogP contribution in [-0.2, 0) is 0 Å². The number of carbonyl (C=O) groups is 2. The highest BCUT2D eigenvalue weighted by molar-refractivity contribution is 6.31. The van der Waals surface area contributed by atoms with Crippen LogP contribution in [0.3, 0.4) is 0 Å². The predicted molar refractivity (Wildman–Crippen MR) is 71.1 cm³/mol. The SMILES string of the molecule is Cc1c(O)c(O)c2c(c1O)C(=O)c1c(O)cccc1C2=O. The van der Waals surface area contributed by atoms with Crippen LogP contribution in [0, 0.1) is 6.92 Å². The zero-order valence-electron chi connectivity index (χ0n) is 10.8. The largest absolute Gasteiger partial charge is 0.507 e. The summed E-state index contributed by atoms with van der Waals surface area (Å²) in [6, 6.07) is 3.96. The van der Waals surface area contributed by atoms with E-state index in [9.17, 15) is 30.0 Å². The molecule has 2 aromatic rings. The Morgan fingerprint density at radius 2 is 1.38 bits per heavy atom. The zero-order valence-corrected chi connectivity index (χ0v) is 10.8. The minimum absolute atomic E-state index is 0.0922. The second kappa shape index (κ2) is 3.99. The topological polar surface area (TPSA) is 115 Å². The first kappa shape index (κ1) is 13.0. The third kappa shape index (κ3) is 1.47. The lowest BCUT2D eigenvalue weighted by Gasteiger charge is -2.21. The van der Waals surface area contributed by atoms with Gasteiger partial charge in [-0.15, -0.1) is 0 Å². The molecule has 0 radical (unpaired) electrons. The highest BCUT2D eigenvalue weighted by atomic mass is 16.3. The van der Waals surface area contributed by atoms with Crippen LogP contribution in [0.15, 0.2) is 18.2 Å². The predicted octanol–water partition coefficient (Wildman–Crippen LogP) is 1.59. The lowest BCUT2D eigenvalue weighted by Crippen LogP contribution is -2.21. The van der Waals surface area contributed by atoms with Gasteiger partial charge in [0.1, 0.15) is 11.5 Å². The number of fused-ring (bicyclic) bond motifs is 2. The Morgan fingerprint density at radius 3 is 2.05 bits per heavy atom. The highest BCUT2D eigenvalue weighted by Gasteiger charge is 2.38. The number of ketones is 2. The highest BCUT2D eigenvalue weighted by Crippen LogP contribution is 2.46. The molecular formula is C15H10O6. The Morgan fingerprint density at radius 1 is 0.762 bits per heavy atom. The number of hydrogen-bond acceptors (Lipinski definition) is 6. The summed E-state index contributed by atoms with van der Waals surface area (Å²) in [5.74, 6) is -3.93. The third-order valence-electron chi connectivity index (χ3n) is 3.63. The van der Waals surface area contributed by atoms with Crippen LogP contribution < -0.4 is 0 Å². The maximum absolute atomic E-state index is 12.4. The monoisotopic (exact) mass is 286 g/mol. The van der Waals surface area contributed by atoms with Crippen molar-refractivity contribution >= 4 is 11.6 Å². The summed E-state index contributed by atoms with van der Waals surface area (Å²) in [6.45, 7) is 1.29. The molecule has 6 heteroatoms. The van der Waals surface area contributed by atoms with Crippen molar-refractivity contribution in [3.63, 3.8) is 0 Å². The van der Waals surface area contributed by atoms with E-state index in [2.05, 4.69) is 0 Å². The Labute approximate surface area is 118 Å². The van der Waals surface area contributed by atoms with Crippen LogP contribution in [0.2, 0.25) is 0 Å². The molecule has 0 atom stereocenters. The molecule has 0 heterocycles. The van der Waals surface area contributed by atoms with Crippen molar-refractivity contribution in [3.05, 3.63) is 46.0 Å². The van der Waals surface area contributed by atoms with Crippen molar-refractivity contribution in [1.82, 2.24) is 0 Å². The molecule has 0 unspecified atom stereocenters. The molecular weight excluding hydrogens is 276 g/mol. The van der Waals surface area contributed by atoms with Gasteiger partial charge in [-0.2, -0.15) is 0 Å². The van der Waals surface area contributed by atoms with Crippen molar-refractivity contribution in [1.29, 1.82) is 0 Å². The first-order valence-electron chi connectivity index (χ1n) is 6.05. The first-order valence-corrected chi connectivity index (χ1v) is 6.05. The summed E-state index contributed by atoms with van der Waals surface area (Å²) in [5.41, 5.74) is -1.31. The maximum atomic E-state index is 12.4. The molecule has 6 nitrogen and oxygen atoms in total. The molecule has 2 aromatic carbocycles. The van der Waals surface area contributed by atoms with Gasteiger partial charge in [0, 0.05) is 11.1 Å². The van der Waals surface area contributed by atoms with E-state index >= 15 is 0 Å². The summed E-state index contributed by atoms with van der Waals surface area (Å²) < 4.78 is 0. The van der Waals surface area contributed by atoms with Gasteiger partial charge in [-0.25, -0.2) is 0 Å². The molecule has 0 saturated heterocycles. The van der Waals surface area contributed by atoms with E-state index in [4.69, 9.17) is 0 Å². The molecule has 0 amide bonds. The van der Waals surface area contributed by atoms with E-state index in [0.29, 0.717) is 0 Å². The minimum atomic E-state index is -0.784. The number of phenols is 4. The summed E-state index contributed by atoms with van der Waals surface area (Å²) in [7, 11) is 0. The van der Waals surface area contributed by atoms with Gasteiger partial charge in [0.05, 0.1) is 16.7 Å². The van der Waals surface area contributed by atoms with Crippen molar-refractivity contribution in [3.8, 4) is 23.0 Å². The van der Waals surface area contributed by atoms with Gasteiger partial charge in [-0.3, -0.25) is 9.59 Å². The Kier molecular flexibility index (Phi) is 2.47. The van der Waals surface area contributed by atoms with E-state index in [1.807, 2.05) is 0 Å². The fourth-order valence-corrected chi connectivity index (χ4v) is 2.50.